The minimum atomic E-state index is -0.221. The van der Waals surface area contributed by atoms with Crippen molar-refractivity contribution in [2.24, 2.45) is 13.0 Å². The molecule has 4 rings (SSSR count). The van der Waals surface area contributed by atoms with Crippen molar-refractivity contribution >= 4 is 27.8 Å². The third-order valence-electron chi connectivity index (χ3n) is 5.39. The highest BCUT2D eigenvalue weighted by Gasteiger charge is 2.23. The van der Waals surface area contributed by atoms with E-state index < -0.39 is 0 Å². The lowest BCUT2D eigenvalue weighted by Gasteiger charge is -2.22. The first-order valence-corrected chi connectivity index (χ1v) is 10.1. The fourth-order valence-corrected chi connectivity index (χ4v) is 3.70. The lowest BCUT2D eigenvalue weighted by Crippen LogP contribution is -2.34. The molecule has 0 aliphatic carbocycles. The fourth-order valence-electron chi connectivity index (χ4n) is 3.70. The van der Waals surface area contributed by atoms with E-state index in [1.807, 2.05) is 48.0 Å². The number of hydrogen-bond acceptors (Lipinski definition) is 4. The summed E-state index contributed by atoms with van der Waals surface area (Å²) in [5.41, 5.74) is 2.46. The molecule has 1 atom stereocenters. The van der Waals surface area contributed by atoms with Gasteiger partial charge >= 0.3 is 0 Å². The van der Waals surface area contributed by atoms with Crippen LogP contribution in [0.15, 0.2) is 59.7 Å². The third kappa shape index (κ3) is 3.70. The van der Waals surface area contributed by atoms with E-state index in [1.165, 1.54) is 10.9 Å². The van der Waals surface area contributed by atoms with Gasteiger partial charge in [0.1, 0.15) is 5.82 Å². The number of benzene rings is 2. The number of carbonyl (C=O) groups is 1. The van der Waals surface area contributed by atoms with Crippen molar-refractivity contribution in [3.05, 3.63) is 71.0 Å². The Labute approximate surface area is 174 Å². The molecule has 7 nitrogen and oxygen atoms in total. The van der Waals surface area contributed by atoms with Gasteiger partial charge in [-0.1, -0.05) is 38.1 Å². The number of fused-ring (bicyclic) bond motifs is 2. The maximum absolute atomic E-state index is 12.7. The predicted molar refractivity (Wildman–Crippen MR) is 117 cm³/mol. The molecule has 0 spiro atoms. The van der Waals surface area contributed by atoms with Crippen LogP contribution in [0.4, 0.5) is 0 Å². The summed E-state index contributed by atoms with van der Waals surface area (Å²) < 4.78 is 3.51. The van der Waals surface area contributed by atoms with Crippen LogP contribution in [0.2, 0.25) is 0 Å². The number of hydrogen-bond donors (Lipinski definition) is 1. The number of aromatic nitrogens is 4. The van der Waals surface area contributed by atoms with Crippen LogP contribution < -0.4 is 10.9 Å². The standard InChI is InChI=1S/C23H25N5O2/c1-15(2)21(22-25-18-10-6-7-11-19(18)27(22)3)26-20(29)12-13-28-14-24-17-9-5-4-8-16(17)23(28)30/h4-11,14-15,21H,12-13H2,1-3H3,(H,26,29)/t21-/m0/s1. The Morgan fingerprint density at radius 2 is 1.77 bits per heavy atom. The summed E-state index contributed by atoms with van der Waals surface area (Å²) in [5.74, 6) is 0.861. The second kappa shape index (κ2) is 8.10. The molecule has 1 amide bonds. The highest BCUT2D eigenvalue weighted by atomic mass is 16.2. The van der Waals surface area contributed by atoms with Gasteiger partial charge in [-0.05, 0) is 30.2 Å². The zero-order chi connectivity index (χ0) is 21.3. The lowest BCUT2D eigenvalue weighted by molar-refractivity contribution is -0.122. The fraction of sp³-hybridized carbons (Fsp3) is 0.304. The Morgan fingerprint density at radius 1 is 1.07 bits per heavy atom. The van der Waals surface area contributed by atoms with Crippen molar-refractivity contribution in [2.45, 2.75) is 32.9 Å². The average Bonchev–Trinajstić information content (AvgIpc) is 3.08. The number of rotatable bonds is 6. The van der Waals surface area contributed by atoms with Gasteiger partial charge in [-0.2, -0.15) is 0 Å². The zero-order valence-corrected chi connectivity index (χ0v) is 17.4. The molecule has 0 aliphatic heterocycles. The Bertz CT molecular complexity index is 1270. The number of aryl methyl sites for hydroxylation is 2. The molecule has 0 fully saturated rings. The molecule has 0 aliphatic rings. The van der Waals surface area contributed by atoms with Gasteiger partial charge in [0.05, 0.1) is 34.3 Å². The van der Waals surface area contributed by atoms with Crippen LogP contribution in [0.3, 0.4) is 0 Å². The van der Waals surface area contributed by atoms with E-state index in [0.717, 1.165) is 16.9 Å². The number of nitrogens with one attached hydrogen (secondary N) is 1. The van der Waals surface area contributed by atoms with Crippen LogP contribution in [0.25, 0.3) is 21.9 Å². The highest BCUT2D eigenvalue weighted by molar-refractivity contribution is 5.79. The molecular formula is C23H25N5O2. The van der Waals surface area contributed by atoms with Crippen LogP contribution in [0.5, 0.6) is 0 Å². The average molecular weight is 403 g/mol. The molecule has 7 heteroatoms. The molecule has 0 saturated carbocycles. The quantitative estimate of drug-likeness (QED) is 0.536. The minimum Gasteiger partial charge on any atom is -0.346 e. The monoisotopic (exact) mass is 403 g/mol. The molecule has 0 radical (unpaired) electrons. The van der Waals surface area contributed by atoms with Crippen molar-refractivity contribution in [1.29, 1.82) is 0 Å². The van der Waals surface area contributed by atoms with Crippen LogP contribution >= 0.6 is 0 Å². The smallest absolute Gasteiger partial charge is 0.261 e. The Kier molecular flexibility index (Phi) is 5.35. The first-order valence-electron chi connectivity index (χ1n) is 10.1. The number of nitrogens with zero attached hydrogens (tertiary/aromatic N) is 4. The maximum atomic E-state index is 12.7. The first-order chi connectivity index (χ1) is 14.5. The van der Waals surface area contributed by atoms with Crippen LogP contribution in [-0.4, -0.2) is 25.0 Å². The van der Waals surface area contributed by atoms with Crippen molar-refractivity contribution in [3.8, 4) is 0 Å². The van der Waals surface area contributed by atoms with Gasteiger partial charge in [0, 0.05) is 20.0 Å². The van der Waals surface area contributed by atoms with Gasteiger partial charge < -0.3 is 9.88 Å². The third-order valence-corrected chi connectivity index (χ3v) is 5.39. The molecule has 2 heterocycles. The second-order valence-corrected chi connectivity index (χ2v) is 7.82. The van der Waals surface area contributed by atoms with Gasteiger partial charge in [0.2, 0.25) is 5.91 Å². The number of amides is 1. The SMILES string of the molecule is CC(C)[C@H](NC(=O)CCn1cnc2ccccc2c1=O)c1nc2ccccc2n1C. The van der Waals surface area contributed by atoms with E-state index in [0.29, 0.717) is 10.9 Å². The summed E-state index contributed by atoms with van der Waals surface area (Å²) in [4.78, 5) is 34.4. The van der Waals surface area contributed by atoms with E-state index in [4.69, 9.17) is 4.98 Å². The summed E-state index contributed by atoms with van der Waals surface area (Å²) in [7, 11) is 1.96. The van der Waals surface area contributed by atoms with Crippen molar-refractivity contribution in [2.75, 3.05) is 0 Å². The second-order valence-electron chi connectivity index (χ2n) is 7.82. The summed E-state index contributed by atoms with van der Waals surface area (Å²) in [6, 6.07) is 14.9. The molecule has 2 aromatic heterocycles. The Balaban J connectivity index is 1.51. The topological polar surface area (TPSA) is 81.8 Å². The largest absolute Gasteiger partial charge is 0.346 e. The number of para-hydroxylation sites is 3. The molecule has 0 bridgehead atoms. The molecular weight excluding hydrogens is 378 g/mol. The van der Waals surface area contributed by atoms with Gasteiger partial charge in [-0.15, -0.1) is 0 Å². The summed E-state index contributed by atoms with van der Waals surface area (Å²) in [6.07, 6.45) is 1.69. The van der Waals surface area contributed by atoms with Crippen LogP contribution in [-0.2, 0) is 18.4 Å². The van der Waals surface area contributed by atoms with Crippen LogP contribution in [0, 0.1) is 5.92 Å². The lowest BCUT2D eigenvalue weighted by atomic mass is 10.0. The predicted octanol–water partition coefficient (Wildman–Crippen LogP) is 3.19. The van der Waals surface area contributed by atoms with Gasteiger partial charge in [0.15, 0.2) is 0 Å². The summed E-state index contributed by atoms with van der Waals surface area (Å²) in [6.45, 7) is 4.39. The zero-order valence-electron chi connectivity index (χ0n) is 17.4. The van der Waals surface area contributed by atoms with E-state index in [9.17, 15) is 9.59 Å². The van der Waals surface area contributed by atoms with Crippen LogP contribution in [0.1, 0.15) is 32.1 Å². The molecule has 1 N–H and O–H groups in total. The molecule has 30 heavy (non-hydrogen) atoms. The van der Waals surface area contributed by atoms with E-state index in [1.54, 1.807) is 12.1 Å². The molecule has 4 aromatic rings. The van der Waals surface area contributed by atoms with Crippen molar-refractivity contribution in [1.82, 2.24) is 24.4 Å². The van der Waals surface area contributed by atoms with Gasteiger partial charge in [-0.25, -0.2) is 9.97 Å². The molecule has 154 valence electrons. The number of carbonyl (C=O) groups excluding carboxylic acids is 1. The summed E-state index contributed by atoms with van der Waals surface area (Å²) in [5, 5.41) is 3.66. The van der Waals surface area contributed by atoms with Gasteiger partial charge in [0.25, 0.3) is 5.56 Å². The maximum Gasteiger partial charge on any atom is 0.261 e. The van der Waals surface area contributed by atoms with Crippen molar-refractivity contribution in [3.63, 3.8) is 0 Å². The number of imidazole rings is 1. The normalized spacial score (nSPS) is 12.5. The van der Waals surface area contributed by atoms with Gasteiger partial charge in [-0.3, -0.25) is 14.2 Å². The van der Waals surface area contributed by atoms with Crippen molar-refractivity contribution < 1.29 is 4.79 Å². The molecule has 0 saturated heterocycles. The highest BCUT2D eigenvalue weighted by Crippen LogP contribution is 2.24. The Hall–Kier alpha value is -3.48. The first kappa shape index (κ1) is 19.8. The van der Waals surface area contributed by atoms with E-state index in [-0.39, 0.29) is 36.4 Å². The van der Waals surface area contributed by atoms with E-state index >= 15 is 0 Å². The van der Waals surface area contributed by atoms with E-state index in [2.05, 4.69) is 24.1 Å². The molecule has 2 aromatic carbocycles. The Morgan fingerprint density at radius 3 is 2.50 bits per heavy atom. The minimum absolute atomic E-state index is 0.124. The molecule has 0 unspecified atom stereocenters. The summed E-state index contributed by atoms with van der Waals surface area (Å²) >= 11 is 0.